The number of methoxy groups -OCH3 is 1. The molecule has 150 valence electrons. The summed E-state index contributed by atoms with van der Waals surface area (Å²) in [4.78, 5) is 22.2. The quantitative estimate of drug-likeness (QED) is 0.310. The highest BCUT2D eigenvalue weighted by Gasteiger charge is 2.19. The summed E-state index contributed by atoms with van der Waals surface area (Å²) >= 11 is 6.17. The van der Waals surface area contributed by atoms with Crippen LogP contribution in [0.1, 0.15) is 29.2 Å². The molecule has 29 heavy (non-hydrogen) atoms. The van der Waals surface area contributed by atoms with Gasteiger partial charge in [0.2, 0.25) is 0 Å². The van der Waals surface area contributed by atoms with Gasteiger partial charge in [-0.3, -0.25) is 0 Å². The third-order valence-corrected chi connectivity index (χ3v) is 4.16. The fourth-order valence-corrected chi connectivity index (χ4v) is 2.70. The number of hydrogen-bond acceptors (Lipinski definition) is 6. The van der Waals surface area contributed by atoms with Crippen LogP contribution >= 0.6 is 11.6 Å². The van der Waals surface area contributed by atoms with E-state index in [-0.39, 0.29) is 12.3 Å². The molecule has 0 spiro atoms. The lowest BCUT2D eigenvalue weighted by molar-refractivity contribution is -0.132. The van der Waals surface area contributed by atoms with Gasteiger partial charge in [-0.05, 0) is 31.4 Å². The average molecular weight is 413 g/mol. The van der Waals surface area contributed by atoms with Crippen LogP contribution in [-0.2, 0) is 25.8 Å². The summed E-state index contributed by atoms with van der Waals surface area (Å²) in [6, 6.07) is 12.7. The van der Waals surface area contributed by atoms with Gasteiger partial charge >= 0.3 is 5.97 Å². The Kier molecular flexibility index (Phi) is 8.26. The molecule has 0 amide bonds. The third-order valence-electron chi connectivity index (χ3n) is 3.85. The minimum Gasteiger partial charge on any atom is -0.464 e. The molecule has 0 saturated carbocycles. The minimum absolute atomic E-state index is 0.0453. The molecule has 0 radical (unpaired) electrons. The molecule has 0 atom stereocenters. The van der Waals surface area contributed by atoms with Crippen molar-refractivity contribution in [1.82, 2.24) is 0 Å². The molecule has 0 aliphatic rings. The zero-order valence-corrected chi connectivity index (χ0v) is 17.4. The van der Waals surface area contributed by atoms with E-state index in [0.29, 0.717) is 21.9 Å². The Morgan fingerprint density at radius 3 is 2.55 bits per heavy atom. The lowest BCUT2D eigenvalue weighted by atomic mass is 10.0. The number of oxime groups is 2. The summed E-state index contributed by atoms with van der Waals surface area (Å²) in [7, 11) is 2.63. The van der Waals surface area contributed by atoms with E-state index in [1.165, 1.54) is 14.2 Å². The van der Waals surface area contributed by atoms with Crippen LogP contribution in [0.2, 0.25) is 5.02 Å². The van der Waals surface area contributed by atoms with Gasteiger partial charge in [-0.15, -0.1) is 0 Å². The van der Waals surface area contributed by atoms with Gasteiger partial charge in [0.1, 0.15) is 19.4 Å². The van der Waals surface area contributed by atoms with E-state index in [1.807, 2.05) is 25.1 Å². The zero-order chi connectivity index (χ0) is 21.2. The van der Waals surface area contributed by atoms with Crippen LogP contribution in [0.5, 0.6) is 0 Å². The standard InChI is InChI=1S/C22H21ClN2O4/c1-15-8-7-11-20(23)18(15)13-12-16(2)24-29-14-17-9-5-6-10-19(17)21(25-28-4)22(26)27-3/h5-11H,14H2,1-4H3/b24-16+,25-21+. The first-order valence-corrected chi connectivity index (χ1v) is 9.07. The zero-order valence-electron chi connectivity index (χ0n) is 16.7. The predicted octanol–water partition coefficient (Wildman–Crippen LogP) is 4.12. The second-order valence-corrected chi connectivity index (χ2v) is 6.31. The number of ether oxygens (including phenoxy) is 1. The molecule has 0 saturated heterocycles. The lowest BCUT2D eigenvalue weighted by Gasteiger charge is -2.09. The van der Waals surface area contributed by atoms with Crippen LogP contribution in [0.15, 0.2) is 52.8 Å². The highest BCUT2D eigenvalue weighted by Crippen LogP contribution is 2.18. The Morgan fingerprint density at radius 2 is 1.86 bits per heavy atom. The summed E-state index contributed by atoms with van der Waals surface area (Å²) in [5.74, 6) is 5.32. The van der Waals surface area contributed by atoms with Crippen LogP contribution < -0.4 is 0 Å². The fraction of sp³-hybridized carbons (Fsp3) is 0.227. The van der Waals surface area contributed by atoms with Crippen molar-refractivity contribution < 1.29 is 19.2 Å². The Hall–Kier alpha value is -3.30. The van der Waals surface area contributed by atoms with Crippen LogP contribution in [-0.4, -0.2) is 31.6 Å². The maximum atomic E-state index is 12.0. The summed E-state index contributed by atoms with van der Waals surface area (Å²) in [6.45, 7) is 3.79. The van der Waals surface area contributed by atoms with Gasteiger partial charge in [0.25, 0.3) is 0 Å². The summed E-state index contributed by atoms with van der Waals surface area (Å²) in [5, 5.41) is 8.37. The second kappa shape index (κ2) is 10.9. The number of carbonyl (C=O) groups is 1. The second-order valence-electron chi connectivity index (χ2n) is 5.90. The van der Waals surface area contributed by atoms with Gasteiger partial charge in [0, 0.05) is 16.7 Å². The molecular weight excluding hydrogens is 392 g/mol. The van der Waals surface area contributed by atoms with E-state index in [9.17, 15) is 4.79 Å². The van der Waals surface area contributed by atoms with E-state index in [4.69, 9.17) is 26.0 Å². The topological polar surface area (TPSA) is 69.5 Å². The van der Waals surface area contributed by atoms with Crippen molar-refractivity contribution in [3.63, 3.8) is 0 Å². The molecule has 0 heterocycles. The van der Waals surface area contributed by atoms with Gasteiger partial charge in [0.15, 0.2) is 5.71 Å². The maximum Gasteiger partial charge on any atom is 0.360 e. The molecule has 0 aliphatic heterocycles. The van der Waals surface area contributed by atoms with Crippen molar-refractivity contribution in [3.8, 4) is 11.8 Å². The SMILES string of the molecule is CO/N=C(/C(=O)OC)c1ccccc1CO/N=C(\C)C#Cc1c(C)cccc1Cl. The van der Waals surface area contributed by atoms with Gasteiger partial charge in [0.05, 0.1) is 12.1 Å². The van der Waals surface area contributed by atoms with E-state index < -0.39 is 5.97 Å². The largest absolute Gasteiger partial charge is 0.464 e. The van der Waals surface area contributed by atoms with Crippen LogP contribution in [0, 0.1) is 18.8 Å². The van der Waals surface area contributed by atoms with E-state index in [2.05, 4.69) is 22.2 Å². The lowest BCUT2D eigenvalue weighted by Crippen LogP contribution is -2.19. The first-order chi connectivity index (χ1) is 14.0. The Morgan fingerprint density at radius 1 is 1.10 bits per heavy atom. The molecule has 2 rings (SSSR count). The highest BCUT2D eigenvalue weighted by molar-refractivity contribution is 6.43. The number of hydrogen-bond donors (Lipinski definition) is 0. The molecule has 2 aromatic rings. The molecule has 0 bridgehead atoms. The molecule has 0 N–H and O–H groups in total. The van der Waals surface area contributed by atoms with E-state index in [0.717, 1.165) is 11.1 Å². The van der Waals surface area contributed by atoms with Crippen molar-refractivity contribution in [2.45, 2.75) is 20.5 Å². The Labute approximate surface area is 175 Å². The number of carbonyl (C=O) groups excluding carboxylic acids is 1. The Bertz CT molecular complexity index is 983. The van der Waals surface area contributed by atoms with Gasteiger partial charge < -0.3 is 14.4 Å². The number of halogens is 1. The summed E-state index contributed by atoms with van der Waals surface area (Å²) < 4.78 is 4.76. The van der Waals surface area contributed by atoms with E-state index >= 15 is 0 Å². The molecule has 6 nitrogen and oxygen atoms in total. The number of esters is 1. The van der Waals surface area contributed by atoms with Gasteiger partial charge in [-0.25, -0.2) is 4.79 Å². The monoisotopic (exact) mass is 412 g/mol. The van der Waals surface area contributed by atoms with Gasteiger partial charge in [-0.1, -0.05) is 64.2 Å². The van der Waals surface area contributed by atoms with Crippen molar-refractivity contribution in [2.75, 3.05) is 14.2 Å². The maximum absolute atomic E-state index is 12.0. The Balaban J connectivity index is 2.16. The fourth-order valence-electron chi connectivity index (χ4n) is 2.43. The van der Waals surface area contributed by atoms with Crippen molar-refractivity contribution in [3.05, 3.63) is 69.7 Å². The van der Waals surface area contributed by atoms with Crippen molar-refractivity contribution >= 4 is 29.0 Å². The van der Waals surface area contributed by atoms with Gasteiger partial charge in [-0.2, -0.15) is 0 Å². The van der Waals surface area contributed by atoms with Crippen molar-refractivity contribution in [2.24, 2.45) is 10.3 Å². The molecule has 2 aromatic carbocycles. The van der Waals surface area contributed by atoms with Crippen LogP contribution in [0.4, 0.5) is 0 Å². The van der Waals surface area contributed by atoms with E-state index in [1.54, 1.807) is 31.2 Å². The number of aryl methyl sites for hydroxylation is 1. The summed E-state index contributed by atoms with van der Waals surface area (Å²) in [5.41, 5.74) is 3.50. The third kappa shape index (κ3) is 6.09. The first kappa shape index (κ1) is 22.0. The smallest absolute Gasteiger partial charge is 0.360 e. The summed E-state index contributed by atoms with van der Waals surface area (Å²) in [6.07, 6.45) is 0. The molecular formula is C22H21ClN2O4. The molecule has 0 unspecified atom stereocenters. The molecule has 0 fully saturated rings. The highest BCUT2D eigenvalue weighted by atomic mass is 35.5. The molecule has 0 aliphatic carbocycles. The van der Waals surface area contributed by atoms with Crippen LogP contribution in [0.3, 0.4) is 0 Å². The van der Waals surface area contributed by atoms with Crippen LogP contribution in [0.25, 0.3) is 0 Å². The normalized spacial score (nSPS) is 11.3. The predicted molar refractivity (Wildman–Crippen MR) is 113 cm³/mol. The van der Waals surface area contributed by atoms with Crippen molar-refractivity contribution in [1.29, 1.82) is 0 Å². The number of benzene rings is 2. The molecule has 7 heteroatoms. The average Bonchev–Trinajstić information content (AvgIpc) is 2.71. The number of nitrogens with zero attached hydrogens (tertiary/aromatic N) is 2. The number of rotatable bonds is 6. The molecule has 0 aromatic heterocycles. The minimum atomic E-state index is -0.611. The first-order valence-electron chi connectivity index (χ1n) is 8.69.